The van der Waals surface area contributed by atoms with Crippen LogP contribution in [0.5, 0.6) is 11.5 Å². The number of thiazole rings is 1. The van der Waals surface area contributed by atoms with E-state index in [1.165, 1.54) is 23.5 Å². The predicted octanol–water partition coefficient (Wildman–Crippen LogP) is 5.56. The molecule has 3 aromatic carbocycles. The summed E-state index contributed by atoms with van der Waals surface area (Å²) in [4.78, 5) is 17.8. The van der Waals surface area contributed by atoms with E-state index in [0.717, 1.165) is 5.52 Å². The number of carbonyl (C=O) groups is 1. The minimum absolute atomic E-state index is 0.330. The molecule has 0 atom stereocenters. The van der Waals surface area contributed by atoms with E-state index >= 15 is 0 Å². The zero-order valence-electron chi connectivity index (χ0n) is 15.4. The van der Waals surface area contributed by atoms with Crippen molar-refractivity contribution in [1.82, 2.24) is 4.57 Å². The molecule has 0 spiro atoms. The lowest BCUT2D eigenvalue weighted by Crippen LogP contribution is -2.16. The van der Waals surface area contributed by atoms with Crippen molar-refractivity contribution in [3.8, 4) is 11.5 Å². The van der Waals surface area contributed by atoms with Crippen LogP contribution in [0, 0.1) is 5.82 Å². The number of nitrogens with zero attached hydrogens (tertiary/aromatic N) is 2. The average molecular weight is 404 g/mol. The van der Waals surface area contributed by atoms with E-state index < -0.39 is 5.91 Å². The molecule has 0 unspecified atom stereocenters. The molecule has 0 fully saturated rings. The number of allylic oxidation sites excluding steroid dienone is 1. The Morgan fingerprint density at radius 1 is 1.10 bits per heavy atom. The Morgan fingerprint density at radius 2 is 1.86 bits per heavy atom. The van der Waals surface area contributed by atoms with Gasteiger partial charge in [0, 0.05) is 6.54 Å². The minimum atomic E-state index is -0.429. The Bertz CT molecular complexity index is 1260. The summed E-state index contributed by atoms with van der Waals surface area (Å²) in [6.07, 6.45) is 1.71. The van der Waals surface area contributed by atoms with Crippen LogP contribution in [-0.2, 0) is 6.54 Å². The van der Waals surface area contributed by atoms with Crippen LogP contribution >= 0.6 is 11.3 Å². The number of carbonyl (C=O) groups excluding carboxylic acids is 1. The smallest absolute Gasteiger partial charge is 0.283 e. The third-order valence-electron chi connectivity index (χ3n) is 4.24. The molecule has 4 nitrogen and oxygen atoms in total. The molecule has 1 heterocycles. The van der Waals surface area contributed by atoms with Crippen molar-refractivity contribution >= 4 is 27.5 Å². The first kappa shape index (κ1) is 18.8. The molecule has 0 saturated carbocycles. The van der Waals surface area contributed by atoms with Gasteiger partial charge >= 0.3 is 0 Å². The molecule has 0 aliphatic rings. The summed E-state index contributed by atoms with van der Waals surface area (Å²) in [7, 11) is 0. The molecule has 0 radical (unpaired) electrons. The number of para-hydroxylation sites is 2. The zero-order chi connectivity index (χ0) is 20.2. The fourth-order valence-electron chi connectivity index (χ4n) is 2.93. The Morgan fingerprint density at radius 3 is 2.66 bits per heavy atom. The van der Waals surface area contributed by atoms with Gasteiger partial charge in [0.25, 0.3) is 5.91 Å². The Kier molecular flexibility index (Phi) is 5.35. The summed E-state index contributed by atoms with van der Waals surface area (Å²) in [5.41, 5.74) is 1.15. The number of amides is 1. The van der Waals surface area contributed by atoms with Crippen LogP contribution in [-0.4, -0.2) is 10.5 Å². The maximum absolute atomic E-state index is 13.6. The molecule has 4 rings (SSSR count). The molecule has 29 heavy (non-hydrogen) atoms. The first-order valence-corrected chi connectivity index (χ1v) is 9.78. The van der Waals surface area contributed by atoms with E-state index in [9.17, 15) is 9.18 Å². The first-order chi connectivity index (χ1) is 14.2. The largest absolute Gasteiger partial charge is 0.457 e. The van der Waals surface area contributed by atoms with E-state index in [2.05, 4.69) is 11.6 Å². The Balaban J connectivity index is 1.77. The maximum atomic E-state index is 13.6. The number of benzene rings is 3. The third-order valence-corrected chi connectivity index (χ3v) is 5.28. The van der Waals surface area contributed by atoms with Crippen molar-refractivity contribution in [2.45, 2.75) is 6.54 Å². The lowest BCUT2D eigenvalue weighted by atomic mass is 10.2. The quantitative estimate of drug-likeness (QED) is 0.409. The Hall–Kier alpha value is -3.51. The summed E-state index contributed by atoms with van der Waals surface area (Å²) < 4.78 is 22.0. The highest BCUT2D eigenvalue weighted by molar-refractivity contribution is 7.16. The number of fused-ring (bicyclic) bond motifs is 1. The molecular weight excluding hydrogens is 387 g/mol. The van der Waals surface area contributed by atoms with Crippen LogP contribution in [0.15, 0.2) is 90.4 Å². The van der Waals surface area contributed by atoms with E-state index in [1.807, 2.05) is 34.9 Å². The average Bonchev–Trinajstić information content (AvgIpc) is 3.05. The summed E-state index contributed by atoms with van der Waals surface area (Å²) in [6.45, 7) is 4.22. The molecule has 6 heteroatoms. The Labute approximate surface area is 170 Å². The second-order valence-corrected chi connectivity index (χ2v) is 7.23. The maximum Gasteiger partial charge on any atom is 0.283 e. The number of halogens is 1. The molecule has 144 valence electrons. The van der Waals surface area contributed by atoms with Gasteiger partial charge in [-0.3, -0.25) is 4.79 Å². The molecule has 0 aliphatic carbocycles. The van der Waals surface area contributed by atoms with Crippen molar-refractivity contribution in [1.29, 1.82) is 0 Å². The number of hydrogen-bond acceptors (Lipinski definition) is 3. The predicted molar refractivity (Wildman–Crippen MR) is 113 cm³/mol. The van der Waals surface area contributed by atoms with Crippen molar-refractivity contribution < 1.29 is 13.9 Å². The molecule has 4 aromatic rings. The second kappa shape index (κ2) is 8.24. The highest BCUT2D eigenvalue weighted by atomic mass is 32.1. The van der Waals surface area contributed by atoms with Gasteiger partial charge in [-0.2, -0.15) is 4.99 Å². The van der Waals surface area contributed by atoms with E-state index in [0.29, 0.717) is 33.1 Å². The van der Waals surface area contributed by atoms with E-state index in [-0.39, 0.29) is 5.82 Å². The normalized spacial score (nSPS) is 11.6. The van der Waals surface area contributed by atoms with Gasteiger partial charge in [-0.1, -0.05) is 47.7 Å². The minimum Gasteiger partial charge on any atom is -0.457 e. The standard InChI is InChI=1S/C23H17FN2O2S/c1-2-14-26-19-13-12-16(24)15-21(19)29-23(26)25-22(27)18-10-6-7-11-20(18)28-17-8-4-3-5-9-17/h2-13,15H,1,14H2. The van der Waals surface area contributed by atoms with Gasteiger partial charge in [-0.05, 0) is 42.5 Å². The SMILES string of the molecule is C=CCn1c(=NC(=O)c2ccccc2Oc2ccccc2)sc2cc(F)ccc21. The third kappa shape index (κ3) is 4.02. The fraction of sp³-hybridized carbons (Fsp3) is 0.0435. The molecule has 0 N–H and O–H groups in total. The van der Waals surface area contributed by atoms with Crippen molar-refractivity contribution in [3.63, 3.8) is 0 Å². The highest BCUT2D eigenvalue weighted by Crippen LogP contribution is 2.26. The summed E-state index contributed by atoms with van der Waals surface area (Å²) in [6, 6.07) is 20.7. The molecule has 0 bridgehead atoms. The fourth-order valence-corrected chi connectivity index (χ4v) is 4.00. The number of ether oxygens (including phenoxy) is 1. The summed E-state index contributed by atoms with van der Waals surface area (Å²) in [5.74, 6) is 0.298. The first-order valence-electron chi connectivity index (χ1n) is 8.96. The van der Waals surface area contributed by atoms with Gasteiger partial charge < -0.3 is 9.30 Å². The van der Waals surface area contributed by atoms with Gasteiger partial charge in [0.05, 0.1) is 15.8 Å². The van der Waals surface area contributed by atoms with Crippen LogP contribution in [0.25, 0.3) is 10.2 Å². The van der Waals surface area contributed by atoms with Crippen molar-refractivity contribution in [2.24, 2.45) is 4.99 Å². The molecule has 0 saturated heterocycles. The highest BCUT2D eigenvalue weighted by Gasteiger charge is 2.14. The topological polar surface area (TPSA) is 43.6 Å². The lowest BCUT2D eigenvalue weighted by Gasteiger charge is -2.08. The monoisotopic (exact) mass is 404 g/mol. The molecule has 1 aromatic heterocycles. The van der Waals surface area contributed by atoms with Gasteiger partial charge in [0.2, 0.25) is 0 Å². The van der Waals surface area contributed by atoms with Crippen LogP contribution in [0.1, 0.15) is 10.4 Å². The van der Waals surface area contributed by atoms with E-state index in [4.69, 9.17) is 4.74 Å². The van der Waals surface area contributed by atoms with Gasteiger partial charge in [0.1, 0.15) is 17.3 Å². The van der Waals surface area contributed by atoms with E-state index in [1.54, 1.807) is 36.4 Å². The van der Waals surface area contributed by atoms with Crippen LogP contribution in [0.2, 0.25) is 0 Å². The number of hydrogen-bond donors (Lipinski definition) is 0. The van der Waals surface area contributed by atoms with Crippen LogP contribution in [0.4, 0.5) is 4.39 Å². The summed E-state index contributed by atoms with van der Waals surface area (Å²) >= 11 is 1.26. The van der Waals surface area contributed by atoms with Crippen LogP contribution < -0.4 is 9.54 Å². The number of rotatable bonds is 5. The van der Waals surface area contributed by atoms with Gasteiger partial charge in [-0.15, -0.1) is 6.58 Å². The molecular formula is C23H17FN2O2S. The van der Waals surface area contributed by atoms with Crippen molar-refractivity contribution in [3.05, 3.63) is 102 Å². The lowest BCUT2D eigenvalue weighted by molar-refractivity contribution is 0.0995. The second-order valence-electron chi connectivity index (χ2n) is 6.22. The molecule has 0 aliphatic heterocycles. The summed E-state index contributed by atoms with van der Waals surface area (Å²) in [5, 5.41) is 0. The zero-order valence-corrected chi connectivity index (χ0v) is 16.2. The van der Waals surface area contributed by atoms with Gasteiger partial charge in [0.15, 0.2) is 4.80 Å². The number of aromatic nitrogens is 1. The van der Waals surface area contributed by atoms with Crippen molar-refractivity contribution in [2.75, 3.05) is 0 Å². The molecule has 1 amide bonds. The van der Waals surface area contributed by atoms with Gasteiger partial charge in [-0.25, -0.2) is 4.39 Å². The van der Waals surface area contributed by atoms with Crippen LogP contribution in [0.3, 0.4) is 0 Å².